The molecule has 1 aliphatic heterocycles. The van der Waals surface area contributed by atoms with E-state index in [-0.39, 0.29) is 0 Å². The van der Waals surface area contributed by atoms with Gasteiger partial charge < -0.3 is 10.6 Å². The zero-order chi connectivity index (χ0) is 12.8. The molecule has 0 aliphatic carbocycles. The molecule has 1 rings (SSSR count). The Hall–Kier alpha value is -0.120. The summed E-state index contributed by atoms with van der Waals surface area (Å²) in [5.74, 6) is 1.57. The Morgan fingerprint density at radius 2 is 1.88 bits per heavy atom. The van der Waals surface area contributed by atoms with Crippen LogP contribution in [-0.2, 0) is 0 Å². The number of rotatable bonds is 6. The molecule has 0 aromatic carbocycles. The van der Waals surface area contributed by atoms with Gasteiger partial charge in [-0.15, -0.1) is 0 Å². The number of hydrogen-bond donors (Lipinski definition) is 1. The van der Waals surface area contributed by atoms with Gasteiger partial charge in [0.25, 0.3) is 0 Å². The fourth-order valence-corrected chi connectivity index (χ4v) is 3.21. The lowest BCUT2D eigenvalue weighted by Gasteiger charge is -2.43. The standard InChI is InChI=1S/C14H31N3/c1-5-16(6-2)7-8-17-11-12(3)9-13(4)14(17)10-15/h12-14H,5-11,15H2,1-4H3. The van der Waals surface area contributed by atoms with Crippen molar-refractivity contribution in [3.63, 3.8) is 0 Å². The quantitative estimate of drug-likeness (QED) is 0.767. The van der Waals surface area contributed by atoms with Crippen molar-refractivity contribution in [1.82, 2.24) is 9.80 Å². The van der Waals surface area contributed by atoms with Gasteiger partial charge in [0.2, 0.25) is 0 Å². The number of hydrogen-bond acceptors (Lipinski definition) is 3. The van der Waals surface area contributed by atoms with Gasteiger partial charge >= 0.3 is 0 Å². The average Bonchev–Trinajstić information content (AvgIpc) is 2.29. The molecule has 3 atom stereocenters. The highest BCUT2D eigenvalue weighted by atomic mass is 15.2. The predicted molar refractivity (Wildman–Crippen MR) is 75.1 cm³/mol. The number of likely N-dealkylation sites (N-methyl/N-ethyl adjacent to an activating group) is 1. The summed E-state index contributed by atoms with van der Waals surface area (Å²) in [6.07, 6.45) is 1.34. The third-order valence-corrected chi connectivity index (χ3v) is 4.29. The Labute approximate surface area is 107 Å². The molecule has 1 heterocycles. The van der Waals surface area contributed by atoms with Crippen molar-refractivity contribution < 1.29 is 0 Å². The summed E-state index contributed by atoms with van der Waals surface area (Å²) < 4.78 is 0. The maximum Gasteiger partial charge on any atom is 0.0244 e. The van der Waals surface area contributed by atoms with Crippen molar-refractivity contribution >= 4 is 0 Å². The summed E-state index contributed by atoms with van der Waals surface area (Å²) in [6, 6.07) is 0.599. The van der Waals surface area contributed by atoms with Gasteiger partial charge in [0, 0.05) is 32.2 Å². The first-order chi connectivity index (χ1) is 8.12. The first-order valence-electron chi connectivity index (χ1n) is 7.28. The van der Waals surface area contributed by atoms with Gasteiger partial charge in [-0.05, 0) is 31.3 Å². The monoisotopic (exact) mass is 241 g/mol. The van der Waals surface area contributed by atoms with Crippen LogP contribution in [0.2, 0.25) is 0 Å². The molecule has 0 radical (unpaired) electrons. The predicted octanol–water partition coefficient (Wildman–Crippen LogP) is 1.63. The largest absolute Gasteiger partial charge is 0.329 e. The van der Waals surface area contributed by atoms with Crippen molar-refractivity contribution in [2.24, 2.45) is 17.6 Å². The van der Waals surface area contributed by atoms with E-state index in [1.54, 1.807) is 0 Å². The summed E-state index contributed by atoms with van der Waals surface area (Å²) in [4.78, 5) is 5.12. The molecule has 3 unspecified atom stereocenters. The Bertz CT molecular complexity index is 204. The van der Waals surface area contributed by atoms with E-state index in [2.05, 4.69) is 37.5 Å². The van der Waals surface area contributed by atoms with E-state index in [1.165, 1.54) is 26.1 Å². The molecular weight excluding hydrogens is 210 g/mol. The van der Waals surface area contributed by atoms with Crippen molar-refractivity contribution in [2.45, 2.75) is 40.2 Å². The van der Waals surface area contributed by atoms with Crippen LogP contribution in [0, 0.1) is 11.8 Å². The van der Waals surface area contributed by atoms with Crippen molar-refractivity contribution in [3.8, 4) is 0 Å². The fourth-order valence-electron chi connectivity index (χ4n) is 3.21. The van der Waals surface area contributed by atoms with E-state index in [0.717, 1.165) is 31.5 Å². The van der Waals surface area contributed by atoms with Crippen molar-refractivity contribution in [2.75, 3.05) is 39.3 Å². The first kappa shape index (κ1) is 14.9. The van der Waals surface area contributed by atoms with E-state index in [0.29, 0.717) is 6.04 Å². The van der Waals surface area contributed by atoms with Crippen LogP contribution in [0.15, 0.2) is 0 Å². The fraction of sp³-hybridized carbons (Fsp3) is 1.00. The lowest BCUT2D eigenvalue weighted by atomic mass is 9.85. The van der Waals surface area contributed by atoms with Crippen molar-refractivity contribution in [1.29, 1.82) is 0 Å². The molecule has 102 valence electrons. The molecule has 0 saturated carbocycles. The molecule has 0 bridgehead atoms. The molecule has 3 nitrogen and oxygen atoms in total. The SMILES string of the molecule is CCN(CC)CCN1CC(C)CC(C)C1CN. The molecule has 1 fully saturated rings. The molecule has 0 spiro atoms. The maximum atomic E-state index is 5.95. The topological polar surface area (TPSA) is 32.5 Å². The Morgan fingerprint density at radius 1 is 1.24 bits per heavy atom. The lowest BCUT2D eigenvalue weighted by Crippen LogP contribution is -2.53. The number of nitrogens with zero attached hydrogens (tertiary/aromatic N) is 2. The Morgan fingerprint density at radius 3 is 2.41 bits per heavy atom. The van der Waals surface area contributed by atoms with E-state index in [9.17, 15) is 0 Å². The second-order valence-electron chi connectivity index (χ2n) is 5.64. The van der Waals surface area contributed by atoms with E-state index in [4.69, 9.17) is 5.73 Å². The number of piperidine rings is 1. The van der Waals surface area contributed by atoms with Crippen LogP contribution in [0.4, 0.5) is 0 Å². The number of nitrogens with two attached hydrogens (primary N) is 1. The Balaban J connectivity index is 2.48. The smallest absolute Gasteiger partial charge is 0.0244 e. The second-order valence-corrected chi connectivity index (χ2v) is 5.64. The molecule has 0 amide bonds. The first-order valence-corrected chi connectivity index (χ1v) is 7.28. The van der Waals surface area contributed by atoms with E-state index < -0.39 is 0 Å². The maximum absolute atomic E-state index is 5.95. The molecule has 0 aromatic rings. The van der Waals surface area contributed by atoms with Gasteiger partial charge in [-0.2, -0.15) is 0 Å². The second kappa shape index (κ2) is 7.34. The van der Waals surface area contributed by atoms with Gasteiger partial charge in [-0.3, -0.25) is 4.90 Å². The summed E-state index contributed by atoms with van der Waals surface area (Å²) in [6.45, 7) is 15.9. The van der Waals surface area contributed by atoms with Crippen LogP contribution in [0.5, 0.6) is 0 Å². The van der Waals surface area contributed by atoms with Gasteiger partial charge in [-0.25, -0.2) is 0 Å². The average molecular weight is 241 g/mol. The lowest BCUT2D eigenvalue weighted by molar-refractivity contribution is 0.0642. The molecule has 3 heteroatoms. The van der Waals surface area contributed by atoms with Crippen molar-refractivity contribution in [3.05, 3.63) is 0 Å². The zero-order valence-electron chi connectivity index (χ0n) is 12.2. The minimum Gasteiger partial charge on any atom is -0.329 e. The summed E-state index contributed by atoms with van der Waals surface area (Å²) in [5, 5.41) is 0. The molecule has 1 saturated heterocycles. The summed E-state index contributed by atoms with van der Waals surface area (Å²) in [5.41, 5.74) is 5.95. The molecule has 17 heavy (non-hydrogen) atoms. The van der Waals surface area contributed by atoms with Crippen LogP contribution in [0.1, 0.15) is 34.1 Å². The minimum absolute atomic E-state index is 0.599. The van der Waals surface area contributed by atoms with E-state index >= 15 is 0 Å². The highest BCUT2D eigenvalue weighted by Gasteiger charge is 2.30. The highest BCUT2D eigenvalue weighted by molar-refractivity contribution is 4.85. The van der Waals surface area contributed by atoms with Gasteiger partial charge in [0.05, 0.1) is 0 Å². The normalized spacial score (nSPS) is 31.1. The summed E-state index contributed by atoms with van der Waals surface area (Å²) >= 11 is 0. The van der Waals surface area contributed by atoms with Crippen LogP contribution < -0.4 is 5.73 Å². The molecule has 2 N–H and O–H groups in total. The van der Waals surface area contributed by atoms with E-state index in [1.807, 2.05) is 0 Å². The van der Waals surface area contributed by atoms with Crippen LogP contribution in [0.25, 0.3) is 0 Å². The van der Waals surface area contributed by atoms with Gasteiger partial charge in [0.1, 0.15) is 0 Å². The molecular formula is C14H31N3. The van der Waals surface area contributed by atoms with Gasteiger partial charge in [-0.1, -0.05) is 27.7 Å². The van der Waals surface area contributed by atoms with Crippen LogP contribution in [0.3, 0.4) is 0 Å². The number of likely N-dealkylation sites (tertiary alicyclic amines) is 1. The third-order valence-electron chi connectivity index (χ3n) is 4.29. The molecule has 1 aliphatic rings. The highest BCUT2D eigenvalue weighted by Crippen LogP contribution is 2.26. The summed E-state index contributed by atoms with van der Waals surface area (Å²) in [7, 11) is 0. The minimum atomic E-state index is 0.599. The molecule has 0 aromatic heterocycles. The van der Waals surface area contributed by atoms with Gasteiger partial charge in [0.15, 0.2) is 0 Å². The third kappa shape index (κ3) is 4.23. The van der Waals surface area contributed by atoms with Crippen LogP contribution >= 0.6 is 0 Å². The zero-order valence-corrected chi connectivity index (χ0v) is 12.2. The van der Waals surface area contributed by atoms with Crippen LogP contribution in [-0.4, -0.2) is 55.1 Å². The Kier molecular flexibility index (Phi) is 6.45.